The molecule has 0 aliphatic rings. The van der Waals surface area contributed by atoms with Crippen molar-refractivity contribution in [3.63, 3.8) is 0 Å². The molecule has 27 heavy (non-hydrogen) atoms. The Hall–Kier alpha value is -1.97. The van der Waals surface area contributed by atoms with Gasteiger partial charge < -0.3 is 15.4 Å². The number of hydrogen-bond acceptors (Lipinski definition) is 2. The molecule has 0 bridgehead atoms. The highest BCUT2D eigenvalue weighted by Crippen LogP contribution is 2.15. The average molecular weight is 493 g/mol. The van der Waals surface area contributed by atoms with Gasteiger partial charge in [-0.15, -0.1) is 24.0 Å². The van der Waals surface area contributed by atoms with Gasteiger partial charge in [0.1, 0.15) is 18.2 Å². The van der Waals surface area contributed by atoms with Crippen molar-refractivity contribution in [2.75, 3.05) is 13.2 Å². The van der Waals surface area contributed by atoms with Gasteiger partial charge >= 0.3 is 0 Å². The highest BCUT2D eigenvalue weighted by Gasteiger charge is 2.05. The molecule has 4 nitrogen and oxygen atoms in total. The number of nitrogens with zero attached hydrogens (tertiary/aromatic N) is 1. The molecule has 0 spiro atoms. The van der Waals surface area contributed by atoms with Crippen molar-refractivity contribution < 1.29 is 17.9 Å². The Morgan fingerprint density at radius 3 is 2.59 bits per heavy atom. The van der Waals surface area contributed by atoms with Gasteiger partial charge in [-0.25, -0.2) is 18.2 Å². The first kappa shape index (κ1) is 23.1. The Balaban J connectivity index is 0.00000364. The average Bonchev–Trinajstić information content (AvgIpc) is 2.64. The number of nitrogens with one attached hydrogen (secondary N) is 2. The summed E-state index contributed by atoms with van der Waals surface area (Å²) in [6, 6.07) is 13.4. The van der Waals surface area contributed by atoms with E-state index in [9.17, 15) is 13.2 Å². The minimum absolute atomic E-state index is 0. The molecule has 2 aromatic rings. The maximum atomic E-state index is 13.7. The Kier molecular flexibility index (Phi) is 10.6. The topological polar surface area (TPSA) is 45.7 Å². The Morgan fingerprint density at radius 1 is 1.11 bits per heavy atom. The van der Waals surface area contributed by atoms with E-state index in [2.05, 4.69) is 15.6 Å². The minimum Gasteiger partial charge on any atom is -0.488 e. The lowest BCUT2D eigenvalue weighted by molar-refractivity contribution is 0.0818. The molecule has 0 unspecified atom stereocenters. The molecule has 0 fully saturated rings. The van der Waals surface area contributed by atoms with Crippen LogP contribution < -0.4 is 15.4 Å². The number of guanidine groups is 1. The van der Waals surface area contributed by atoms with Crippen molar-refractivity contribution in [2.24, 2.45) is 4.99 Å². The van der Waals surface area contributed by atoms with E-state index in [0.29, 0.717) is 36.9 Å². The van der Waals surface area contributed by atoms with E-state index < -0.39 is 13.0 Å². The first-order valence-electron chi connectivity index (χ1n) is 8.34. The van der Waals surface area contributed by atoms with Crippen molar-refractivity contribution in [2.45, 2.75) is 26.4 Å². The molecule has 0 saturated heterocycles. The molecule has 0 saturated carbocycles. The van der Waals surface area contributed by atoms with Crippen LogP contribution in [0.1, 0.15) is 18.1 Å². The van der Waals surface area contributed by atoms with Gasteiger partial charge in [-0.2, -0.15) is 0 Å². The number of aliphatic imine (C=N–C) groups is 1. The highest BCUT2D eigenvalue weighted by molar-refractivity contribution is 14.0. The van der Waals surface area contributed by atoms with Gasteiger partial charge in [0.15, 0.2) is 5.96 Å². The fourth-order valence-corrected chi connectivity index (χ4v) is 2.23. The highest BCUT2D eigenvalue weighted by atomic mass is 127. The molecular formula is C19H23F3IN3O. The van der Waals surface area contributed by atoms with E-state index in [1.54, 1.807) is 36.4 Å². The summed E-state index contributed by atoms with van der Waals surface area (Å²) in [6.45, 7) is 2.58. The summed E-state index contributed by atoms with van der Waals surface area (Å²) in [5, 5.41) is 6.15. The van der Waals surface area contributed by atoms with Crippen molar-refractivity contribution in [3.05, 3.63) is 65.5 Å². The molecule has 8 heteroatoms. The summed E-state index contributed by atoms with van der Waals surface area (Å²) in [4.78, 5) is 4.43. The van der Waals surface area contributed by atoms with E-state index >= 15 is 0 Å². The predicted molar refractivity (Wildman–Crippen MR) is 111 cm³/mol. The Morgan fingerprint density at radius 2 is 1.89 bits per heavy atom. The SMILES string of the molecule is CCNC(=NCc1cccc(OCC(F)F)c1)NCc1ccccc1F.I. The summed E-state index contributed by atoms with van der Waals surface area (Å²) in [6.07, 6.45) is -2.51. The summed E-state index contributed by atoms with van der Waals surface area (Å²) >= 11 is 0. The van der Waals surface area contributed by atoms with Crippen LogP contribution >= 0.6 is 24.0 Å². The van der Waals surface area contributed by atoms with Crippen LogP contribution in [0.2, 0.25) is 0 Å². The minimum atomic E-state index is -2.51. The molecule has 0 heterocycles. The Labute approximate surface area is 174 Å². The molecule has 0 radical (unpaired) electrons. The fourth-order valence-electron chi connectivity index (χ4n) is 2.23. The third-order valence-corrected chi connectivity index (χ3v) is 3.44. The van der Waals surface area contributed by atoms with Crippen LogP contribution in [-0.2, 0) is 13.1 Å². The number of hydrogen-bond donors (Lipinski definition) is 2. The number of benzene rings is 2. The zero-order chi connectivity index (χ0) is 18.8. The van der Waals surface area contributed by atoms with Crippen molar-refractivity contribution in [1.82, 2.24) is 10.6 Å². The number of rotatable bonds is 8. The molecule has 2 aromatic carbocycles. The second-order valence-corrected chi connectivity index (χ2v) is 5.49. The molecule has 148 valence electrons. The van der Waals surface area contributed by atoms with Crippen molar-refractivity contribution in [3.8, 4) is 5.75 Å². The van der Waals surface area contributed by atoms with E-state index in [-0.39, 0.29) is 29.8 Å². The van der Waals surface area contributed by atoms with E-state index in [4.69, 9.17) is 4.74 Å². The lowest BCUT2D eigenvalue weighted by Gasteiger charge is -2.12. The molecule has 0 amide bonds. The zero-order valence-corrected chi connectivity index (χ0v) is 17.3. The number of alkyl halides is 2. The van der Waals surface area contributed by atoms with Gasteiger partial charge in [0, 0.05) is 18.7 Å². The van der Waals surface area contributed by atoms with Gasteiger partial charge in [0.25, 0.3) is 6.43 Å². The Bertz CT molecular complexity index is 729. The third-order valence-electron chi connectivity index (χ3n) is 3.44. The molecule has 0 aliphatic heterocycles. The van der Waals surface area contributed by atoms with Crippen LogP contribution in [0, 0.1) is 5.82 Å². The lowest BCUT2D eigenvalue weighted by atomic mass is 10.2. The maximum absolute atomic E-state index is 13.7. The van der Waals surface area contributed by atoms with Gasteiger partial charge in [0.2, 0.25) is 0 Å². The van der Waals surface area contributed by atoms with Crippen molar-refractivity contribution in [1.29, 1.82) is 0 Å². The zero-order valence-electron chi connectivity index (χ0n) is 14.9. The van der Waals surface area contributed by atoms with Crippen LogP contribution in [0.4, 0.5) is 13.2 Å². The quantitative estimate of drug-likeness (QED) is 0.327. The third kappa shape index (κ3) is 8.51. The van der Waals surface area contributed by atoms with Crippen LogP contribution in [0.15, 0.2) is 53.5 Å². The smallest absolute Gasteiger partial charge is 0.272 e. The van der Waals surface area contributed by atoms with E-state index in [1.807, 2.05) is 13.0 Å². The van der Waals surface area contributed by atoms with Gasteiger partial charge in [-0.05, 0) is 30.7 Å². The molecule has 2 rings (SSSR count). The first-order chi connectivity index (χ1) is 12.6. The maximum Gasteiger partial charge on any atom is 0.272 e. The molecule has 2 N–H and O–H groups in total. The van der Waals surface area contributed by atoms with Gasteiger partial charge in [-0.1, -0.05) is 30.3 Å². The molecule has 0 aliphatic carbocycles. The summed E-state index contributed by atoms with van der Waals surface area (Å²) in [5.41, 5.74) is 1.36. The second kappa shape index (κ2) is 12.4. The summed E-state index contributed by atoms with van der Waals surface area (Å²) < 4.78 is 43.1. The fraction of sp³-hybridized carbons (Fsp3) is 0.316. The van der Waals surface area contributed by atoms with Crippen LogP contribution in [0.25, 0.3) is 0 Å². The largest absolute Gasteiger partial charge is 0.488 e. The van der Waals surface area contributed by atoms with Gasteiger partial charge in [0.05, 0.1) is 6.54 Å². The standard InChI is InChI=1S/C19H22F3N3O.HI/c1-2-23-19(25-12-15-7-3-4-9-17(15)20)24-11-14-6-5-8-16(10-14)26-13-18(21)22;/h3-10,18H,2,11-13H2,1H3,(H2,23,24,25);1H. The normalized spacial score (nSPS) is 11.1. The van der Waals surface area contributed by atoms with E-state index in [1.165, 1.54) is 6.07 Å². The molecule has 0 aromatic heterocycles. The number of halogens is 4. The summed E-state index contributed by atoms with van der Waals surface area (Å²) in [5.74, 6) is 0.636. The van der Waals surface area contributed by atoms with Crippen LogP contribution in [0.5, 0.6) is 5.75 Å². The van der Waals surface area contributed by atoms with Gasteiger partial charge in [-0.3, -0.25) is 0 Å². The monoisotopic (exact) mass is 493 g/mol. The lowest BCUT2D eigenvalue weighted by Crippen LogP contribution is -2.37. The summed E-state index contributed by atoms with van der Waals surface area (Å²) in [7, 11) is 0. The molecule has 0 atom stereocenters. The number of ether oxygens (including phenoxy) is 1. The first-order valence-corrected chi connectivity index (χ1v) is 8.34. The predicted octanol–water partition coefficient (Wildman–Crippen LogP) is 4.34. The molecular weight excluding hydrogens is 470 g/mol. The van der Waals surface area contributed by atoms with Crippen molar-refractivity contribution >= 4 is 29.9 Å². The van der Waals surface area contributed by atoms with Crippen LogP contribution in [0.3, 0.4) is 0 Å². The second-order valence-electron chi connectivity index (χ2n) is 5.49. The van der Waals surface area contributed by atoms with Crippen LogP contribution in [-0.4, -0.2) is 25.5 Å². The van der Waals surface area contributed by atoms with E-state index in [0.717, 1.165) is 5.56 Å².